The Bertz CT molecular complexity index is 996. The van der Waals surface area contributed by atoms with E-state index in [2.05, 4.69) is 5.10 Å². The third-order valence-electron chi connectivity index (χ3n) is 3.51. The van der Waals surface area contributed by atoms with Crippen molar-refractivity contribution in [2.24, 2.45) is 0 Å². The minimum absolute atomic E-state index is 0.00180. The lowest BCUT2D eigenvalue weighted by Crippen LogP contribution is -2.12. The van der Waals surface area contributed by atoms with Gasteiger partial charge in [-0.1, -0.05) is 35.3 Å². The van der Waals surface area contributed by atoms with Crippen LogP contribution >= 0.6 is 23.2 Å². The summed E-state index contributed by atoms with van der Waals surface area (Å²) in [4.78, 5) is 12.4. The first-order chi connectivity index (χ1) is 12.6. The minimum Gasteiger partial charge on any atom is -0.404 e. The van der Waals surface area contributed by atoms with E-state index >= 15 is 0 Å². The molecule has 0 amide bonds. The van der Waals surface area contributed by atoms with Crippen molar-refractivity contribution in [3.05, 3.63) is 75.4 Å². The summed E-state index contributed by atoms with van der Waals surface area (Å²) in [6.45, 7) is 1.78. The third kappa shape index (κ3) is 4.43. The topological polar surface area (TPSA) is 44.1 Å². The molecule has 9 heteroatoms. The summed E-state index contributed by atoms with van der Waals surface area (Å²) in [5, 5.41) is 3.92. The number of ether oxygens (including phenoxy) is 1. The smallest absolute Gasteiger partial charge is 0.404 e. The zero-order chi connectivity index (χ0) is 19.8. The number of benzene rings is 2. The number of rotatable bonds is 3. The number of esters is 1. The predicted molar refractivity (Wildman–Crippen MR) is 94.7 cm³/mol. The quantitative estimate of drug-likeness (QED) is 0.514. The lowest BCUT2D eigenvalue weighted by molar-refractivity contribution is -0.141. The standard InChI is InChI=1S/C18H11Cl2F3N2O2/c1-10-3-2-4-14(5-10)25-16(9-15(24-25)18(21,22)23)27-17(26)11-6-12(19)8-13(20)7-11/h2-9H,1H3. The maximum Gasteiger partial charge on any atom is 0.435 e. The van der Waals surface area contributed by atoms with E-state index in [9.17, 15) is 18.0 Å². The Morgan fingerprint density at radius 1 is 1.07 bits per heavy atom. The van der Waals surface area contributed by atoms with Crippen molar-refractivity contribution in [2.75, 3.05) is 0 Å². The van der Waals surface area contributed by atoms with Crippen molar-refractivity contribution in [3.8, 4) is 11.6 Å². The van der Waals surface area contributed by atoms with Gasteiger partial charge < -0.3 is 4.74 Å². The molecule has 1 heterocycles. The van der Waals surface area contributed by atoms with Crippen molar-refractivity contribution in [1.82, 2.24) is 9.78 Å². The van der Waals surface area contributed by atoms with Crippen molar-refractivity contribution in [1.29, 1.82) is 0 Å². The SMILES string of the molecule is Cc1cccc(-n2nc(C(F)(F)F)cc2OC(=O)c2cc(Cl)cc(Cl)c2)c1. The maximum absolute atomic E-state index is 13.1. The second-order valence-electron chi connectivity index (χ2n) is 5.66. The van der Waals surface area contributed by atoms with E-state index in [1.54, 1.807) is 31.2 Å². The summed E-state index contributed by atoms with van der Waals surface area (Å²) >= 11 is 11.7. The minimum atomic E-state index is -4.70. The van der Waals surface area contributed by atoms with Gasteiger partial charge in [-0.25, -0.2) is 9.48 Å². The van der Waals surface area contributed by atoms with Crippen molar-refractivity contribution >= 4 is 29.2 Å². The van der Waals surface area contributed by atoms with Crippen LogP contribution in [-0.2, 0) is 6.18 Å². The number of aryl methyl sites for hydroxylation is 1. The lowest BCUT2D eigenvalue weighted by Gasteiger charge is -2.09. The molecule has 0 radical (unpaired) electrons. The van der Waals surface area contributed by atoms with Crippen LogP contribution in [0.5, 0.6) is 5.88 Å². The largest absolute Gasteiger partial charge is 0.435 e. The summed E-state index contributed by atoms with van der Waals surface area (Å²) in [6, 6.07) is 11.3. The highest BCUT2D eigenvalue weighted by Gasteiger charge is 2.36. The molecule has 0 saturated heterocycles. The fraction of sp³-hybridized carbons (Fsp3) is 0.111. The van der Waals surface area contributed by atoms with Gasteiger partial charge in [0.2, 0.25) is 5.88 Å². The van der Waals surface area contributed by atoms with Crippen LogP contribution in [-0.4, -0.2) is 15.7 Å². The molecule has 0 spiro atoms. The molecule has 0 bridgehead atoms. The first-order valence-electron chi connectivity index (χ1n) is 7.56. The second kappa shape index (κ2) is 7.25. The van der Waals surface area contributed by atoms with E-state index in [1.807, 2.05) is 0 Å². The molecule has 0 fully saturated rings. The van der Waals surface area contributed by atoms with Gasteiger partial charge in [0.1, 0.15) is 0 Å². The molecule has 3 rings (SSSR count). The van der Waals surface area contributed by atoms with E-state index < -0.39 is 17.8 Å². The molecule has 27 heavy (non-hydrogen) atoms. The summed E-state index contributed by atoms with van der Waals surface area (Å²) in [5.74, 6) is -1.30. The van der Waals surface area contributed by atoms with E-state index in [1.165, 1.54) is 18.2 Å². The van der Waals surface area contributed by atoms with Gasteiger partial charge in [-0.05, 0) is 42.8 Å². The number of carbonyl (C=O) groups is 1. The average Bonchev–Trinajstić information content (AvgIpc) is 2.98. The Hall–Kier alpha value is -2.51. The molecule has 0 aliphatic rings. The molecular weight excluding hydrogens is 404 g/mol. The molecule has 3 aromatic rings. The molecule has 1 aromatic heterocycles. The number of nitrogens with zero attached hydrogens (tertiary/aromatic N) is 2. The van der Waals surface area contributed by atoms with E-state index in [0.29, 0.717) is 11.8 Å². The Kier molecular flexibility index (Phi) is 5.17. The van der Waals surface area contributed by atoms with Gasteiger partial charge in [-0.3, -0.25) is 0 Å². The molecule has 0 N–H and O–H groups in total. The zero-order valence-corrected chi connectivity index (χ0v) is 15.2. The summed E-state index contributed by atoms with van der Waals surface area (Å²) in [6.07, 6.45) is -4.70. The highest BCUT2D eigenvalue weighted by molar-refractivity contribution is 6.35. The van der Waals surface area contributed by atoms with E-state index in [-0.39, 0.29) is 21.5 Å². The highest BCUT2D eigenvalue weighted by Crippen LogP contribution is 2.32. The van der Waals surface area contributed by atoms with Gasteiger partial charge in [0.05, 0.1) is 11.3 Å². The summed E-state index contributed by atoms with van der Waals surface area (Å²) in [7, 11) is 0. The van der Waals surface area contributed by atoms with Gasteiger partial charge in [-0.2, -0.15) is 18.3 Å². The van der Waals surface area contributed by atoms with E-state index in [4.69, 9.17) is 27.9 Å². The number of hydrogen-bond donors (Lipinski definition) is 0. The number of carbonyl (C=O) groups excluding carboxylic acids is 1. The molecule has 0 aliphatic heterocycles. The molecular formula is C18H11Cl2F3N2O2. The zero-order valence-electron chi connectivity index (χ0n) is 13.7. The van der Waals surface area contributed by atoms with Crippen LogP contribution in [0.25, 0.3) is 5.69 Å². The Labute approximate surface area is 162 Å². The molecule has 0 aliphatic carbocycles. The lowest BCUT2D eigenvalue weighted by atomic mass is 10.2. The van der Waals surface area contributed by atoms with Crippen molar-refractivity contribution < 1.29 is 22.7 Å². The first-order valence-corrected chi connectivity index (χ1v) is 8.31. The molecule has 0 saturated carbocycles. The fourth-order valence-electron chi connectivity index (χ4n) is 2.35. The number of alkyl halides is 3. The van der Waals surface area contributed by atoms with Gasteiger partial charge in [0.15, 0.2) is 5.69 Å². The molecule has 4 nitrogen and oxygen atoms in total. The summed E-state index contributed by atoms with van der Waals surface area (Å²) < 4.78 is 45.3. The number of hydrogen-bond acceptors (Lipinski definition) is 3. The van der Waals surface area contributed by atoms with Crippen LogP contribution in [0.4, 0.5) is 13.2 Å². The first kappa shape index (κ1) is 19.3. The van der Waals surface area contributed by atoms with Gasteiger partial charge in [0.25, 0.3) is 0 Å². The van der Waals surface area contributed by atoms with Crippen molar-refractivity contribution in [2.45, 2.75) is 13.1 Å². The molecule has 0 unspecified atom stereocenters. The number of halogens is 5. The van der Waals surface area contributed by atoms with Gasteiger partial charge in [-0.15, -0.1) is 0 Å². The van der Waals surface area contributed by atoms with Crippen molar-refractivity contribution in [3.63, 3.8) is 0 Å². The summed E-state index contributed by atoms with van der Waals surface area (Å²) in [5.41, 5.74) is -0.0677. The van der Waals surface area contributed by atoms with Crippen LogP contribution in [0.15, 0.2) is 48.5 Å². The monoisotopic (exact) mass is 414 g/mol. The fourth-order valence-corrected chi connectivity index (χ4v) is 2.87. The third-order valence-corrected chi connectivity index (χ3v) is 3.95. The average molecular weight is 415 g/mol. The Balaban J connectivity index is 2.03. The van der Waals surface area contributed by atoms with Crippen LogP contribution in [0.1, 0.15) is 21.6 Å². The maximum atomic E-state index is 13.1. The van der Waals surface area contributed by atoms with Crippen LogP contribution < -0.4 is 4.74 Å². The molecule has 140 valence electrons. The van der Waals surface area contributed by atoms with Crippen LogP contribution in [0.3, 0.4) is 0 Å². The Morgan fingerprint density at radius 3 is 2.33 bits per heavy atom. The molecule has 2 aromatic carbocycles. The highest BCUT2D eigenvalue weighted by atomic mass is 35.5. The second-order valence-corrected chi connectivity index (χ2v) is 6.54. The van der Waals surface area contributed by atoms with E-state index in [0.717, 1.165) is 10.2 Å². The van der Waals surface area contributed by atoms with Crippen LogP contribution in [0.2, 0.25) is 10.0 Å². The van der Waals surface area contributed by atoms with Gasteiger partial charge in [0, 0.05) is 16.1 Å². The predicted octanol–water partition coefficient (Wildman–Crippen LogP) is 5.73. The normalized spacial score (nSPS) is 11.5. The van der Waals surface area contributed by atoms with Gasteiger partial charge >= 0.3 is 12.1 Å². The number of aromatic nitrogens is 2. The Morgan fingerprint density at radius 2 is 1.74 bits per heavy atom. The van der Waals surface area contributed by atoms with Crippen LogP contribution in [0, 0.1) is 6.92 Å². The molecule has 0 atom stereocenters.